The minimum absolute atomic E-state index is 0.0947. The summed E-state index contributed by atoms with van der Waals surface area (Å²) in [6, 6.07) is 10.3. The summed E-state index contributed by atoms with van der Waals surface area (Å²) in [6.07, 6.45) is 14.3. The Balaban J connectivity index is 1.28. The van der Waals surface area contributed by atoms with Gasteiger partial charge in [-0.05, 0) is 121 Å². The van der Waals surface area contributed by atoms with E-state index in [2.05, 4.69) is 46.8 Å². The van der Waals surface area contributed by atoms with E-state index in [-0.39, 0.29) is 10.3 Å². The standard InChI is InChI=1S/C35H49NO2/c1-22(2)9-8-10-23(3)29-15-16-30-27-13-14-31-28-21-24-11-6-7-12-25(24)33(36(37)38)26(28)17-19-35(31,5)32(27)18-20-34(29,30)4/h6-7,11-12,21-23,27,29-32H,8-10,13-20H2,1-5H3. The van der Waals surface area contributed by atoms with Crippen molar-refractivity contribution < 1.29 is 4.92 Å². The van der Waals surface area contributed by atoms with Crippen molar-refractivity contribution in [1.82, 2.24) is 0 Å². The molecule has 4 aliphatic carbocycles. The Hall–Kier alpha value is -1.90. The Morgan fingerprint density at radius 2 is 1.71 bits per heavy atom. The smallest absolute Gasteiger partial charge is 0.258 e. The van der Waals surface area contributed by atoms with Gasteiger partial charge in [0.2, 0.25) is 0 Å². The summed E-state index contributed by atoms with van der Waals surface area (Å²) < 4.78 is 0. The van der Waals surface area contributed by atoms with E-state index in [4.69, 9.17) is 0 Å². The molecule has 3 saturated carbocycles. The second kappa shape index (κ2) is 9.63. The van der Waals surface area contributed by atoms with Gasteiger partial charge in [0, 0.05) is 5.56 Å². The van der Waals surface area contributed by atoms with Crippen LogP contribution in [0.25, 0.3) is 10.8 Å². The quantitative estimate of drug-likeness (QED) is 0.284. The number of rotatable bonds is 6. The molecule has 38 heavy (non-hydrogen) atoms. The van der Waals surface area contributed by atoms with E-state index in [0.717, 1.165) is 64.7 Å². The van der Waals surface area contributed by atoms with Gasteiger partial charge < -0.3 is 0 Å². The molecule has 0 amide bonds. The van der Waals surface area contributed by atoms with E-state index < -0.39 is 0 Å². The van der Waals surface area contributed by atoms with Crippen LogP contribution in [0, 0.1) is 56.5 Å². The van der Waals surface area contributed by atoms with Gasteiger partial charge in [0.15, 0.2) is 0 Å². The van der Waals surface area contributed by atoms with Crippen LogP contribution >= 0.6 is 0 Å². The van der Waals surface area contributed by atoms with Gasteiger partial charge in [-0.1, -0.05) is 78.1 Å². The highest BCUT2D eigenvalue weighted by Gasteiger charge is 2.61. The van der Waals surface area contributed by atoms with E-state index >= 15 is 0 Å². The van der Waals surface area contributed by atoms with Crippen LogP contribution in [0.1, 0.15) is 116 Å². The first-order chi connectivity index (χ1) is 18.1. The molecule has 0 radical (unpaired) electrons. The molecule has 2 aromatic carbocycles. The number of benzene rings is 2. The lowest BCUT2D eigenvalue weighted by atomic mass is 9.44. The van der Waals surface area contributed by atoms with Crippen LogP contribution in [0.2, 0.25) is 0 Å². The van der Waals surface area contributed by atoms with E-state index in [1.807, 2.05) is 18.2 Å². The van der Waals surface area contributed by atoms with E-state index in [1.54, 1.807) is 0 Å². The zero-order chi connectivity index (χ0) is 26.8. The lowest BCUT2D eigenvalue weighted by Crippen LogP contribution is -2.52. The molecule has 8 unspecified atom stereocenters. The Kier molecular flexibility index (Phi) is 6.67. The third kappa shape index (κ3) is 3.96. The monoisotopic (exact) mass is 515 g/mol. The van der Waals surface area contributed by atoms with Gasteiger partial charge >= 0.3 is 0 Å². The zero-order valence-electron chi connectivity index (χ0n) is 24.5. The summed E-state index contributed by atoms with van der Waals surface area (Å²) >= 11 is 0. The van der Waals surface area contributed by atoms with Crippen molar-refractivity contribution in [1.29, 1.82) is 0 Å². The normalized spacial score (nSPS) is 36.8. The maximum atomic E-state index is 12.3. The number of hydrogen-bond donors (Lipinski definition) is 0. The van der Waals surface area contributed by atoms with Crippen molar-refractivity contribution in [2.75, 3.05) is 0 Å². The van der Waals surface area contributed by atoms with Crippen LogP contribution in [0.3, 0.4) is 0 Å². The van der Waals surface area contributed by atoms with E-state index in [1.165, 1.54) is 63.4 Å². The molecule has 206 valence electrons. The molecule has 0 aliphatic heterocycles. The minimum Gasteiger partial charge on any atom is -0.258 e. The Bertz CT molecular complexity index is 1220. The van der Waals surface area contributed by atoms with Crippen molar-refractivity contribution >= 4 is 16.5 Å². The molecule has 0 spiro atoms. The first-order valence-electron chi connectivity index (χ1n) is 15.8. The van der Waals surface area contributed by atoms with Crippen LogP contribution < -0.4 is 0 Å². The van der Waals surface area contributed by atoms with E-state index in [0.29, 0.717) is 17.0 Å². The average molecular weight is 516 g/mol. The number of fused-ring (bicyclic) bond motifs is 8. The zero-order valence-corrected chi connectivity index (χ0v) is 24.5. The number of nitro groups is 1. The van der Waals surface area contributed by atoms with Gasteiger partial charge in [-0.2, -0.15) is 0 Å². The van der Waals surface area contributed by atoms with Crippen LogP contribution in [0.15, 0.2) is 30.3 Å². The van der Waals surface area contributed by atoms with Crippen molar-refractivity contribution in [2.45, 2.75) is 111 Å². The maximum absolute atomic E-state index is 12.3. The van der Waals surface area contributed by atoms with Gasteiger partial charge in [-0.3, -0.25) is 10.1 Å². The molecule has 0 heterocycles. The molecule has 0 bridgehead atoms. The summed E-state index contributed by atoms with van der Waals surface area (Å²) in [4.78, 5) is 12.2. The molecule has 0 aromatic heterocycles. The molecule has 3 fully saturated rings. The third-order valence-electron chi connectivity index (χ3n) is 12.7. The fourth-order valence-corrected chi connectivity index (χ4v) is 10.9. The lowest BCUT2D eigenvalue weighted by molar-refractivity contribution is -0.383. The second-order valence-electron chi connectivity index (χ2n) is 14.8. The average Bonchev–Trinajstić information content (AvgIpc) is 3.24. The van der Waals surface area contributed by atoms with Gasteiger partial charge in [-0.15, -0.1) is 0 Å². The first kappa shape index (κ1) is 26.3. The van der Waals surface area contributed by atoms with Crippen LogP contribution in [0.5, 0.6) is 0 Å². The molecule has 4 aliphatic rings. The number of hydrogen-bond acceptors (Lipinski definition) is 2. The molecule has 6 rings (SSSR count). The maximum Gasteiger partial charge on any atom is 0.280 e. The summed E-state index contributed by atoms with van der Waals surface area (Å²) in [5.41, 5.74) is 3.55. The Labute approximate surface area is 230 Å². The first-order valence-corrected chi connectivity index (χ1v) is 15.8. The predicted molar refractivity (Wildman–Crippen MR) is 157 cm³/mol. The van der Waals surface area contributed by atoms with Gasteiger partial charge in [0.1, 0.15) is 0 Å². The molecule has 0 saturated heterocycles. The molecule has 3 heteroatoms. The lowest BCUT2D eigenvalue weighted by Gasteiger charge is -2.61. The summed E-state index contributed by atoms with van der Waals surface area (Å²) in [7, 11) is 0. The molecule has 3 nitrogen and oxygen atoms in total. The SMILES string of the molecule is CC(C)CCCC(C)C1CCC2C3CCC4c5cc6ccccc6c([N+](=O)[O-])c5CCC4(C)C3CCC12C. The van der Waals surface area contributed by atoms with Crippen LogP contribution in [-0.2, 0) is 6.42 Å². The third-order valence-corrected chi connectivity index (χ3v) is 12.7. The highest BCUT2D eigenvalue weighted by molar-refractivity contribution is 5.93. The van der Waals surface area contributed by atoms with Crippen molar-refractivity contribution in [3.8, 4) is 0 Å². The highest BCUT2D eigenvalue weighted by atomic mass is 16.6. The fraction of sp³-hybridized carbons (Fsp3) is 0.714. The largest absolute Gasteiger partial charge is 0.280 e. The fourth-order valence-electron chi connectivity index (χ4n) is 10.9. The highest BCUT2D eigenvalue weighted by Crippen LogP contribution is 2.69. The van der Waals surface area contributed by atoms with Crippen molar-refractivity contribution in [2.24, 2.45) is 46.3 Å². The second-order valence-corrected chi connectivity index (χ2v) is 14.8. The molecular formula is C35H49NO2. The Morgan fingerprint density at radius 3 is 2.47 bits per heavy atom. The Morgan fingerprint density at radius 1 is 0.947 bits per heavy atom. The van der Waals surface area contributed by atoms with Gasteiger partial charge in [0.05, 0.1) is 10.3 Å². The molecule has 0 N–H and O–H groups in total. The van der Waals surface area contributed by atoms with Gasteiger partial charge in [-0.25, -0.2) is 0 Å². The molecule has 2 aromatic rings. The number of nitrogens with zero attached hydrogens (tertiary/aromatic N) is 1. The van der Waals surface area contributed by atoms with Crippen molar-refractivity contribution in [3.05, 3.63) is 51.6 Å². The molecule has 8 atom stereocenters. The topological polar surface area (TPSA) is 43.1 Å². The van der Waals surface area contributed by atoms with Crippen LogP contribution in [-0.4, -0.2) is 4.92 Å². The van der Waals surface area contributed by atoms with Gasteiger partial charge in [0.25, 0.3) is 5.69 Å². The van der Waals surface area contributed by atoms with E-state index in [9.17, 15) is 10.1 Å². The van der Waals surface area contributed by atoms with Crippen LogP contribution in [0.4, 0.5) is 5.69 Å². The summed E-state index contributed by atoms with van der Waals surface area (Å²) in [5.74, 6) is 5.53. The van der Waals surface area contributed by atoms with Crippen molar-refractivity contribution in [3.63, 3.8) is 0 Å². The summed E-state index contributed by atoms with van der Waals surface area (Å²) in [6.45, 7) is 12.6. The predicted octanol–water partition coefficient (Wildman–Crippen LogP) is 10.1. The number of nitro benzene ring substituents is 1. The molecular weight excluding hydrogens is 466 g/mol. The minimum atomic E-state index is -0.0947. The summed E-state index contributed by atoms with van der Waals surface area (Å²) in [5, 5.41) is 14.2.